The van der Waals surface area contributed by atoms with Gasteiger partial charge in [0, 0.05) is 12.1 Å². The molecule has 1 saturated heterocycles. The molecule has 1 fully saturated rings. The van der Waals surface area contributed by atoms with Crippen LogP contribution < -0.4 is 15.1 Å². The van der Waals surface area contributed by atoms with Gasteiger partial charge in [-0.1, -0.05) is 60.7 Å². The van der Waals surface area contributed by atoms with Crippen molar-refractivity contribution in [1.82, 2.24) is 5.48 Å². The van der Waals surface area contributed by atoms with Gasteiger partial charge in [0.05, 0.1) is 13.2 Å². The average molecular weight is 346 g/mol. The van der Waals surface area contributed by atoms with Crippen LogP contribution in [-0.2, 0) is 5.66 Å². The van der Waals surface area contributed by atoms with Crippen LogP contribution in [-0.4, -0.2) is 12.3 Å². The molecule has 0 amide bonds. The largest absolute Gasteiger partial charge is 0.497 e. The van der Waals surface area contributed by atoms with Crippen LogP contribution in [0.5, 0.6) is 5.75 Å². The summed E-state index contributed by atoms with van der Waals surface area (Å²) in [5.41, 5.74) is 5.25. The van der Waals surface area contributed by atoms with Crippen molar-refractivity contribution in [3.8, 4) is 5.75 Å². The van der Waals surface area contributed by atoms with Crippen LogP contribution in [0.3, 0.4) is 0 Å². The lowest BCUT2D eigenvalue weighted by Crippen LogP contribution is -2.66. The van der Waals surface area contributed by atoms with E-state index < -0.39 is 5.66 Å². The number of ether oxygens (including phenoxy) is 1. The smallest absolute Gasteiger partial charge is 0.142 e. The highest BCUT2D eigenvalue weighted by molar-refractivity contribution is 5.58. The predicted octanol–water partition coefficient (Wildman–Crippen LogP) is 4.48. The van der Waals surface area contributed by atoms with Crippen LogP contribution in [0.15, 0.2) is 84.9 Å². The fourth-order valence-corrected chi connectivity index (χ4v) is 3.84. The SMILES string of the molecule is COc1ccc([C@@H]2CC(NO)(c3ccccc3)N2c2ccccc2)cc1. The molecular weight excluding hydrogens is 324 g/mol. The van der Waals surface area contributed by atoms with E-state index in [9.17, 15) is 5.21 Å². The van der Waals surface area contributed by atoms with Crippen molar-refractivity contribution in [3.63, 3.8) is 0 Å². The van der Waals surface area contributed by atoms with Gasteiger partial charge in [-0.2, -0.15) is 5.48 Å². The Kier molecular flexibility index (Phi) is 4.37. The van der Waals surface area contributed by atoms with Gasteiger partial charge >= 0.3 is 0 Å². The van der Waals surface area contributed by atoms with Crippen LogP contribution in [0.1, 0.15) is 23.6 Å². The Labute approximate surface area is 153 Å². The molecule has 4 heteroatoms. The van der Waals surface area contributed by atoms with E-state index in [2.05, 4.69) is 34.6 Å². The maximum atomic E-state index is 10.2. The minimum Gasteiger partial charge on any atom is -0.497 e. The van der Waals surface area contributed by atoms with Gasteiger partial charge in [0.2, 0.25) is 0 Å². The molecule has 4 nitrogen and oxygen atoms in total. The Hall–Kier alpha value is -2.82. The molecule has 4 rings (SSSR count). The molecule has 0 aromatic heterocycles. The van der Waals surface area contributed by atoms with Crippen molar-refractivity contribution >= 4 is 5.69 Å². The van der Waals surface area contributed by atoms with E-state index in [4.69, 9.17) is 4.74 Å². The lowest BCUT2D eigenvalue weighted by atomic mass is 9.77. The molecule has 1 unspecified atom stereocenters. The molecule has 0 bridgehead atoms. The number of para-hydroxylation sites is 1. The highest BCUT2D eigenvalue weighted by atomic mass is 16.5. The summed E-state index contributed by atoms with van der Waals surface area (Å²) in [6.45, 7) is 0. The summed E-state index contributed by atoms with van der Waals surface area (Å²) in [4.78, 5) is 2.24. The van der Waals surface area contributed by atoms with Gasteiger partial charge in [0.25, 0.3) is 0 Å². The van der Waals surface area contributed by atoms with E-state index in [1.165, 1.54) is 5.56 Å². The highest BCUT2D eigenvalue weighted by Gasteiger charge is 2.53. The molecule has 0 saturated carbocycles. The number of nitrogens with zero attached hydrogens (tertiary/aromatic N) is 1. The maximum absolute atomic E-state index is 10.2. The number of benzene rings is 3. The molecule has 0 radical (unpaired) electrons. The summed E-state index contributed by atoms with van der Waals surface area (Å²) < 4.78 is 5.28. The van der Waals surface area contributed by atoms with E-state index in [0.717, 1.165) is 23.4 Å². The molecule has 3 aromatic carbocycles. The Bertz CT molecular complexity index is 852. The Morgan fingerprint density at radius 2 is 1.54 bits per heavy atom. The standard InChI is InChI=1S/C22H22N2O2/c1-26-20-14-12-17(13-15-20)21-16-22(23-25,18-8-4-2-5-9-18)24(21)19-10-6-3-7-11-19/h2-15,21,23,25H,16H2,1H3/t21-,22?/m0/s1. The van der Waals surface area contributed by atoms with Gasteiger partial charge < -0.3 is 14.8 Å². The van der Waals surface area contributed by atoms with Gasteiger partial charge in [-0.15, -0.1) is 0 Å². The van der Waals surface area contributed by atoms with Crippen LogP contribution >= 0.6 is 0 Å². The number of nitrogens with one attached hydrogen (secondary N) is 1. The number of anilines is 1. The summed E-state index contributed by atoms with van der Waals surface area (Å²) in [6.07, 6.45) is 0.759. The van der Waals surface area contributed by atoms with Crippen LogP contribution in [0.4, 0.5) is 5.69 Å². The number of methoxy groups -OCH3 is 1. The first-order valence-electron chi connectivity index (χ1n) is 8.73. The number of hydrogen-bond donors (Lipinski definition) is 2. The van der Waals surface area contributed by atoms with Crippen molar-refractivity contribution in [2.24, 2.45) is 0 Å². The lowest BCUT2D eigenvalue weighted by Gasteiger charge is -2.59. The second-order valence-corrected chi connectivity index (χ2v) is 6.54. The fraction of sp³-hybridized carbons (Fsp3) is 0.182. The molecular formula is C22H22N2O2. The van der Waals surface area contributed by atoms with E-state index in [1.54, 1.807) is 7.11 Å². The van der Waals surface area contributed by atoms with Crippen molar-refractivity contribution in [3.05, 3.63) is 96.1 Å². The van der Waals surface area contributed by atoms with E-state index >= 15 is 0 Å². The first-order chi connectivity index (χ1) is 12.8. The van der Waals surface area contributed by atoms with Crippen LogP contribution in [0.2, 0.25) is 0 Å². The minimum atomic E-state index is -0.646. The summed E-state index contributed by atoms with van der Waals surface area (Å²) in [6, 6.07) is 28.6. The third-order valence-corrected chi connectivity index (χ3v) is 5.18. The quantitative estimate of drug-likeness (QED) is 0.669. The Balaban J connectivity index is 1.77. The zero-order valence-electron chi connectivity index (χ0n) is 14.7. The monoisotopic (exact) mass is 346 g/mol. The van der Waals surface area contributed by atoms with Crippen molar-refractivity contribution in [1.29, 1.82) is 0 Å². The van der Waals surface area contributed by atoms with E-state index in [-0.39, 0.29) is 6.04 Å². The van der Waals surface area contributed by atoms with Crippen LogP contribution in [0, 0.1) is 0 Å². The predicted molar refractivity (Wildman–Crippen MR) is 102 cm³/mol. The van der Waals surface area contributed by atoms with Crippen LogP contribution in [0.25, 0.3) is 0 Å². The second kappa shape index (κ2) is 6.83. The summed E-state index contributed by atoms with van der Waals surface area (Å²) in [5, 5.41) is 10.2. The Morgan fingerprint density at radius 3 is 2.12 bits per heavy atom. The highest BCUT2D eigenvalue weighted by Crippen LogP contribution is 2.53. The molecule has 1 heterocycles. The lowest BCUT2D eigenvalue weighted by molar-refractivity contribution is -0.00154. The summed E-state index contributed by atoms with van der Waals surface area (Å²) >= 11 is 0. The normalized spacial score (nSPS) is 21.9. The molecule has 3 aromatic rings. The first-order valence-corrected chi connectivity index (χ1v) is 8.73. The van der Waals surface area contributed by atoms with Crippen molar-refractivity contribution in [2.45, 2.75) is 18.1 Å². The molecule has 26 heavy (non-hydrogen) atoms. The zero-order valence-corrected chi connectivity index (χ0v) is 14.7. The third kappa shape index (κ3) is 2.64. The molecule has 1 aliphatic rings. The number of hydroxylamine groups is 1. The summed E-state index contributed by atoms with van der Waals surface area (Å²) in [5.74, 6) is 0.842. The summed E-state index contributed by atoms with van der Waals surface area (Å²) in [7, 11) is 1.67. The molecule has 2 atom stereocenters. The van der Waals surface area contributed by atoms with Gasteiger partial charge in [-0.05, 0) is 35.4 Å². The van der Waals surface area contributed by atoms with E-state index in [1.807, 2.05) is 60.7 Å². The third-order valence-electron chi connectivity index (χ3n) is 5.18. The maximum Gasteiger partial charge on any atom is 0.142 e. The molecule has 0 spiro atoms. The van der Waals surface area contributed by atoms with E-state index in [0.29, 0.717) is 0 Å². The van der Waals surface area contributed by atoms with Gasteiger partial charge in [-0.25, -0.2) is 0 Å². The van der Waals surface area contributed by atoms with Gasteiger partial charge in [0.1, 0.15) is 11.4 Å². The molecule has 1 aliphatic heterocycles. The average Bonchev–Trinajstić information content (AvgIpc) is 2.70. The first kappa shape index (κ1) is 16.6. The fourth-order valence-electron chi connectivity index (χ4n) is 3.84. The zero-order chi connectivity index (χ0) is 18.0. The number of rotatable bonds is 5. The second-order valence-electron chi connectivity index (χ2n) is 6.54. The minimum absolute atomic E-state index is 0.156. The van der Waals surface area contributed by atoms with Crippen molar-refractivity contribution < 1.29 is 9.94 Å². The molecule has 0 aliphatic carbocycles. The molecule has 132 valence electrons. The van der Waals surface area contributed by atoms with Crippen molar-refractivity contribution in [2.75, 3.05) is 12.0 Å². The molecule has 2 N–H and O–H groups in total. The topological polar surface area (TPSA) is 44.7 Å². The van der Waals surface area contributed by atoms with Gasteiger partial charge in [-0.3, -0.25) is 0 Å². The van der Waals surface area contributed by atoms with Gasteiger partial charge in [0.15, 0.2) is 0 Å². The Morgan fingerprint density at radius 1 is 0.923 bits per heavy atom. The number of hydrogen-bond acceptors (Lipinski definition) is 4.